The molecule has 0 spiro atoms. The number of pyridine rings is 1. The van der Waals surface area contributed by atoms with Crippen LogP contribution in [0.1, 0.15) is 33.4 Å². The molecule has 2 aromatic carbocycles. The highest BCUT2D eigenvalue weighted by Gasteiger charge is 2.11. The van der Waals surface area contributed by atoms with E-state index in [0.717, 1.165) is 11.2 Å². The number of hydrogen-bond acceptors (Lipinski definition) is 1. The molecular formula is C21H23N. The fraction of sp³-hybridized carbons (Fsp3) is 0.286. The topological polar surface area (TPSA) is 12.9 Å². The Morgan fingerprint density at radius 1 is 0.591 bits per heavy atom. The molecule has 0 amide bonds. The van der Waals surface area contributed by atoms with Gasteiger partial charge in [-0.15, -0.1) is 0 Å². The first-order valence-corrected chi connectivity index (χ1v) is 7.83. The normalized spacial score (nSPS) is 11.2. The molecule has 0 aliphatic carbocycles. The fourth-order valence-corrected chi connectivity index (χ4v) is 3.22. The molecule has 0 N–H and O–H groups in total. The summed E-state index contributed by atoms with van der Waals surface area (Å²) in [6.45, 7) is 13.0. The molecule has 0 fully saturated rings. The zero-order valence-electron chi connectivity index (χ0n) is 14.3. The first-order chi connectivity index (χ1) is 10.4. The maximum absolute atomic E-state index is 5.00. The average molecular weight is 289 g/mol. The Morgan fingerprint density at radius 2 is 1.27 bits per heavy atom. The third-order valence-electron chi connectivity index (χ3n) is 4.57. The number of rotatable bonds is 1. The quantitative estimate of drug-likeness (QED) is 0.555. The highest BCUT2D eigenvalue weighted by atomic mass is 14.7. The lowest BCUT2D eigenvalue weighted by Crippen LogP contribution is -1.96. The predicted molar refractivity (Wildman–Crippen MR) is 95.6 cm³/mol. The number of benzene rings is 2. The summed E-state index contributed by atoms with van der Waals surface area (Å²) in [6, 6.07) is 11.2. The summed E-state index contributed by atoms with van der Waals surface area (Å²) in [6.07, 6.45) is 0. The molecule has 112 valence electrons. The van der Waals surface area contributed by atoms with Crippen molar-refractivity contribution < 1.29 is 0 Å². The molecule has 0 saturated heterocycles. The van der Waals surface area contributed by atoms with Gasteiger partial charge in [0.05, 0.1) is 11.2 Å². The minimum atomic E-state index is 1.09. The molecule has 1 heteroatoms. The third-order valence-corrected chi connectivity index (χ3v) is 4.57. The van der Waals surface area contributed by atoms with Crippen molar-refractivity contribution in [3.8, 4) is 11.3 Å². The lowest BCUT2D eigenvalue weighted by atomic mass is 9.95. The summed E-state index contributed by atoms with van der Waals surface area (Å²) in [5, 5.41) is 1.26. The van der Waals surface area contributed by atoms with E-state index in [-0.39, 0.29) is 0 Å². The van der Waals surface area contributed by atoms with Crippen LogP contribution < -0.4 is 0 Å². The van der Waals surface area contributed by atoms with Crippen LogP contribution in [0.15, 0.2) is 30.3 Å². The Morgan fingerprint density at radius 3 is 2.00 bits per heavy atom. The van der Waals surface area contributed by atoms with Crippen molar-refractivity contribution in [1.82, 2.24) is 4.98 Å². The van der Waals surface area contributed by atoms with Gasteiger partial charge < -0.3 is 0 Å². The monoisotopic (exact) mass is 289 g/mol. The molecule has 3 rings (SSSR count). The van der Waals surface area contributed by atoms with Gasteiger partial charge in [-0.05, 0) is 93.1 Å². The lowest BCUT2D eigenvalue weighted by Gasteiger charge is -2.14. The van der Waals surface area contributed by atoms with Crippen LogP contribution in [0, 0.1) is 41.5 Å². The first-order valence-electron chi connectivity index (χ1n) is 7.83. The number of fused-ring (bicyclic) bond motifs is 1. The Bertz CT molecular complexity index is 888. The van der Waals surface area contributed by atoms with Crippen LogP contribution in [0.25, 0.3) is 22.2 Å². The van der Waals surface area contributed by atoms with Crippen molar-refractivity contribution in [2.75, 3.05) is 0 Å². The number of aromatic nitrogens is 1. The molecule has 1 nitrogen and oxygen atoms in total. The number of hydrogen-bond donors (Lipinski definition) is 0. The molecule has 0 bridgehead atoms. The van der Waals surface area contributed by atoms with E-state index in [2.05, 4.69) is 71.9 Å². The molecule has 1 heterocycles. The van der Waals surface area contributed by atoms with Crippen LogP contribution in [0.2, 0.25) is 0 Å². The van der Waals surface area contributed by atoms with Crippen molar-refractivity contribution in [2.45, 2.75) is 41.5 Å². The summed E-state index contributed by atoms with van der Waals surface area (Å²) >= 11 is 0. The zero-order valence-corrected chi connectivity index (χ0v) is 14.3. The molecular weight excluding hydrogens is 266 g/mol. The molecule has 0 saturated carbocycles. The largest absolute Gasteiger partial charge is 0.247 e. The van der Waals surface area contributed by atoms with E-state index >= 15 is 0 Å². The van der Waals surface area contributed by atoms with Gasteiger partial charge in [-0.1, -0.05) is 12.1 Å². The molecule has 0 aliphatic rings. The summed E-state index contributed by atoms with van der Waals surface area (Å²) in [4.78, 5) is 5.00. The van der Waals surface area contributed by atoms with E-state index in [0.29, 0.717) is 0 Å². The van der Waals surface area contributed by atoms with Gasteiger partial charge >= 0.3 is 0 Å². The van der Waals surface area contributed by atoms with Gasteiger partial charge in [0.1, 0.15) is 0 Å². The molecule has 0 atom stereocenters. The Kier molecular flexibility index (Phi) is 3.52. The molecule has 0 aliphatic heterocycles. The second kappa shape index (κ2) is 5.24. The maximum Gasteiger partial charge on any atom is 0.0741 e. The summed E-state index contributed by atoms with van der Waals surface area (Å²) in [5.74, 6) is 0. The van der Waals surface area contributed by atoms with E-state index in [4.69, 9.17) is 4.98 Å². The summed E-state index contributed by atoms with van der Waals surface area (Å²) < 4.78 is 0. The van der Waals surface area contributed by atoms with Crippen molar-refractivity contribution in [2.24, 2.45) is 0 Å². The van der Waals surface area contributed by atoms with Crippen molar-refractivity contribution in [3.63, 3.8) is 0 Å². The van der Waals surface area contributed by atoms with E-state index in [1.807, 2.05) is 0 Å². The van der Waals surface area contributed by atoms with Gasteiger partial charge in [0, 0.05) is 10.9 Å². The summed E-state index contributed by atoms with van der Waals surface area (Å²) in [7, 11) is 0. The average Bonchev–Trinajstić information content (AvgIpc) is 2.43. The van der Waals surface area contributed by atoms with E-state index < -0.39 is 0 Å². The smallest absolute Gasteiger partial charge is 0.0741 e. The zero-order chi connectivity index (χ0) is 16.0. The molecule has 1 aromatic heterocycles. The highest BCUT2D eigenvalue weighted by Crippen LogP contribution is 2.31. The number of nitrogens with zero attached hydrogens (tertiary/aromatic N) is 1. The standard InChI is InChI=1S/C21H23N/c1-12-7-15(4)18-11-17(6)21(22-20(18)8-12)19-10-14(3)13(2)9-16(19)5/h7-11H,1-6H3. The lowest BCUT2D eigenvalue weighted by molar-refractivity contribution is 1.25. The Hall–Kier alpha value is -2.15. The third kappa shape index (κ3) is 2.41. The minimum absolute atomic E-state index is 1.09. The van der Waals surface area contributed by atoms with Gasteiger partial charge in [0.2, 0.25) is 0 Å². The van der Waals surface area contributed by atoms with Crippen LogP contribution in [0.3, 0.4) is 0 Å². The minimum Gasteiger partial charge on any atom is -0.247 e. The van der Waals surface area contributed by atoms with E-state index in [1.54, 1.807) is 0 Å². The first kappa shape index (κ1) is 14.8. The molecule has 3 aromatic rings. The fourth-order valence-electron chi connectivity index (χ4n) is 3.22. The molecule has 0 unspecified atom stereocenters. The number of aryl methyl sites for hydroxylation is 6. The SMILES string of the molecule is Cc1cc(C)c2cc(C)c(-c3cc(C)c(C)cc3C)nc2c1. The second-order valence-corrected chi connectivity index (χ2v) is 6.55. The highest BCUT2D eigenvalue weighted by molar-refractivity contribution is 5.87. The van der Waals surface area contributed by atoms with E-state index in [9.17, 15) is 0 Å². The van der Waals surface area contributed by atoms with Gasteiger partial charge in [-0.25, -0.2) is 4.98 Å². The van der Waals surface area contributed by atoms with Gasteiger partial charge in [-0.2, -0.15) is 0 Å². The van der Waals surface area contributed by atoms with Crippen LogP contribution in [0.5, 0.6) is 0 Å². The maximum atomic E-state index is 5.00. The van der Waals surface area contributed by atoms with Crippen LogP contribution in [-0.2, 0) is 0 Å². The molecule has 22 heavy (non-hydrogen) atoms. The summed E-state index contributed by atoms with van der Waals surface area (Å²) in [5.41, 5.74) is 11.2. The van der Waals surface area contributed by atoms with Gasteiger partial charge in [-0.3, -0.25) is 0 Å². The molecule has 0 radical (unpaired) electrons. The predicted octanol–water partition coefficient (Wildman–Crippen LogP) is 5.75. The Labute approximate surface area is 133 Å². The van der Waals surface area contributed by atoms with Crippen molar-refractivity contribution in [1.29, 1.82) is 0 Å². The van der Waals surface area contributed by atoms with Crippen molar-refractivity contribution >= 4 is 10.9 Å². The second-order valence-electron chi connectivity index (χ2n) is 6.55. The van der Waals surface area contributed by atoms with Crippen LogP contribution in [0.4, 0.5) is 0 Å². The van der Waals surface area contributed by atoms with Gasteiger partial charge in [0.25, 0.3) is 0 Å². The van der Waals surface area contributed by atoms with Crippen molar-refractivity contribution in [3.05, 3.63) is 63.7 Å². The van der Waals surface area contributed by atoms with Gasteiger partial charge in [0.15, 0.2) is 0 Å². The van der Waals surface area contributed by atoms with Crippen LogP contribution in [-0.4, -0.2) is 4.98 Å². The van der Waals surface area contributed by atoms with Crippen LogP contribution >= 0.6 is 0 Å². The van der Waals surface area contributed by atoms with E-state index in [1.165, 1.54) is 44.3 Å². The Balaban J connectivity index is 2.32.